The number of para-hydroxylation sites is 2. The minimum Gasteiger partial charge on any atom is -0.492 e. The molecule has 0 fully saturated rings. The molecule has 0 spiro atoms. The summed E-state index contributed by atoms with van der Waals surface area (Å²) in [6, 6.07) is 16.2. The second-order valence-corrected chi connectivity index (χ2v) is 5.51. The lowest BCUT2D eigenvalue weighted by Gasteiger charge is -2.20. The van der Waals surface area contributed by atoms with E-state index >= 15 is 0 Å². The summed E-state index contributed by atoms with van der Waals surface area (Å²) in [5, 5.41) is 7.12. The van der Waals surface area contributed by atoms with Crippen LogP contribution in [0.3, 0.4) is 0 Å². The van der Waals surface area contributed by atoms with Crippen molar-refractivity contribution in [3.05, 3.63) is 59.7 Å². The summed E-state index contributed by atoms with van der Waals surface area (Å²) in [5.41, 5.74) is 3.36. The largest absolute Gasteiger partial charge is 0.492 e. The van der Waals surface area contributed by atoms with Crippen molar-refractivity contribution in [2.45, 2.75) is 26.8 Å². The molecule has 0 bridgehead atoms. The van der Waals surface area contributed by atoms with Crippen molar-refractivity contribution in [3.63, 3.8) is 0 Å². The Hall–Kier alpha value is -2.07. The number of hydrogen-bond donors (Lipinski definition) is 2. The molecule has 0 radical (unpaired) electrons. The second kappa shape index (κ2) is 7.80. The second-order valence-electron chi connectivity index (χ2n) is 5.11. The van der Waals surface area contributed by atoms with Crippen molar-refractivity contribution in [1.29, 1.82) is 0 Å². The molecule has 116 valence electrons. The van der Waals surface area contributed by atoms with Crippen LogP contribution in [0.5, 0.6) is 5.75 Å². The molecular formula is C18H22N2OS. The summed E-state index contributed by atoms with van der Waals surface area (Å²) in [6.07, 6.45) is 0. The molecule has 3 nitrogen and oxygen atoms in total. The monoisotopic (exact) mass is 314 g/mol. The fourth-order valence-corrected chi connectivity index (χ4v) is 2.64. The highest BCUT2D eigenvalue weighted by molar-refractivity contribution is 7.80. The van der Waals surface area contributed by atoms with E-state index in [0.29, 0.717) is 11.7 Å². The SMILES string of the molecule is CCOc1ccccc1NC(=S)NC(C)c1ccccc1C. The lowest BCUT2D eigenvalue weighted by atomic mass is 10.0. The van der Waals surface area contributed by atoms with Gasteiger partial charge in [0.25, 0.3) is 0 Å². The van der Waals surface area contributed by atoms with Gasteiger partial charge in [0, 0.05) is 0 Å². The van der Waals surface area contributed by atoms with Crippen molar-refractivity contribution in [3.8, 4) is 5.75 Å². The molecular weight excluding hydrogens is 292 g/mol. The van der Waals surface area contributed by atoms with E-state index in [1.807, 2.05) is 43.3 Å². The molecule has 0 heterocycles. The highest BCUT2D eigenvalue weighted by atomic mass is 32.1. The van der Waals surface area contributed by atoms with E-state index in [4.69, 9.17) is 17.0 Å². The average Bonchev–Trinajstić information content (AvgIpc) is 2.49. The first-order valence-corrected chi connectivity index (χ1v) is 7.87. The van der Waals surface area contributed by atoms with Gasteiger partial charge in [-0.3, -0.25) is 0 Å². The Morgan fingerprint density at radius 1 is 1.14 bits per heavy atom. The van der Waals surface area contributed by atoms with Gasteiger partial charge in [0.05, 0.1) is 18.3 Å². The van der Waals surface area contributed by atoms with Crippen molar-refractivity contribution >= 4 is 23.0 Å². The summed E-state index contributed by atoms with van der Waals surface area (Å²) in [7, 11) is 0. The molecule has 2 aromatic rings. The normalized spacial score (nSPS) is 11.6. The minimum atomic E-state index is 0.139. The van der Waals surface area contributed by atoms with E-state index in [1.54, 1.807) is 0 Å². The maximum Gasteiger partial charge on any atom is 0.171 e. The zero-order chi connectivity index (χ0) is 15.9. The molecule has 2 rings (SSSR count). The maximum absolute atomic E-state index is 5.60. The molecule has 1 atom stereocenters. The summed E-state index contributed by atoms with van der Waals surface area (Å²) >= 11 is 5.42. The van der Waals surface area contributed by atoms with Gasteiger partial charge in [-0.05, 0) is 56.2 Å². The third-order valence-electron chi connectivity index (χ3n) is 3.44. The Morgan fingerprint density at radius 3 is 2.55 bits per heavy atom. The number of rotatable bonds is 5. The van der Waals surface area contributed by atoms with Crippen LogP contribution >= 0.6 is 12.2 Å². The molecule has 0 aliphatic heterocycles. The van der Waals surface area contributed by atoms with Crippen molar-refractivity contribution in [2.24, 2.45) is 0 Å². The van der Waals surface area contributed by atoms with Crippen LogP contribution in [0.15, 0.2) is 48.5 Å². The first kappa shape index (κ1) is 16.3. The van der Waals surface area contributed by atoms with Gasteiger partial charge in [-0.15, -0.1) is 0 Å². The molecule has 4 heteroatoms. The smallest absolute Gasteiger partial charge is 0.171 e. The van der Waals surface area contributed by atoms with Crippen LogP contribution in [-0.4, -0.2) is 11.7 Å². The van der Waals surface area contributed by atoms with Gasteiger partial charge < -0.3 is 15.4 Å². The van der Waals surface area contributed by atoms with Crippen molar-refractivity contribution in [2.75, 3.05) is 11.9 Å². The van der Waals surface area contributed by atoms with E-state index in [1.165, 1.54) is 11.1 Å². The van der Waals surface area contributed by atoms with Gasteiger partial charge in [-0.25, -0.2) is 0 Å². The van der Waals surface area contributed by atoms with E-state index in [-0.39, 0.29) is 6.04 Å². The fraction of sp³-hybridized carbons (Fsp3) is 0.278. The zero-order valence-corrected chi connectivity index (χ0v) is 14.0. The van der Waals surface area contributed by atoms with Gasteiger partial charge in [0.15, 0.2) is 5.11 Å². The van der Waals surface area contributed by atoms with Crippen LogP contribution in [0, 0.1) is 6.92 Å². The number of nitrogens with one attached hydrogen (secondary N) is 2. The molecule has 0 saturated carbocycles. The standard InChI is InChI=1S/C18H22N2OS/c1-4-21-17-12-8-7-11-16(17)20-18(22)19-14(3)15-10-6-5-9-13(15)2/h5-12,14H,4H2,1-3H3,(H2,19,20,22). The van der Waals surface area contributed by atoms with Crippen LogP contribution in [0.1, 0.15) is 31.0 Å². The zero-order valence-electron chi connectivity index (χ0n) is 13.2. The van der Waals surface area contributed by atoms with Gasteiger partial charge >= 0.3 is 0 Å². The molecule has 0 aromatic heterocycles. The Morgan fingerprint density at radius 2 is 1.82 bits per heavy atom. The number of aryl methyl sites for hydroxylation is 1. The number of hydrogen-bond acceptors (Lipinski definition) is 2. The Bertz CT molecular complexity index is 642. The van der Waals surface area contributed by atoms with Gasteiger partial charge in [0.2, 0.25) is 0 Å². The first-order chi connectivity index (χ1) is 10.6. The minimum absolute atomic E-state index is 0.139. The summed E-state index contributed by atoms with van der Waals surface area (Å²) < 4.78 is 5.60. The Balaban J connectivity index is 2.03. The van der Waals surface area contributed by atoms with Crippen LogP contribution in [-0.2, 0) is 0 Å². The number of benzene rings is 2. The highest BCUT2D eigenvalue weighted by Crippen LogP contribution is 2.24. The summed E-state index contributed by atoms with van der Waals surface area (Å²) in [5.74, 6) is 0.803. The molecule has 0 aliphatic carbocycles. The van der Waals surface area contributed by atoms with Gasteiger partial charge in [-0.1, -0.05) is 36.4 Å². The molecule has 2 aromatic carbocycles. The molecule has 22 heavy (non-hydrogen) atoms. The topological polar surface area (TPSA) is 33.3 Å². The lowest BCUT2D eigenvalue weighted by Crippen LogP contribution is -2.31. The van der Waals surface area contributed by atoms with E-state index in [0.717, 1.165) is 11.4 Å². The van der Waals surface area contributed by atoms with E-state index < -0.39 is 0 Å². The predicted octanol–water partition coefficient (Wildman–Crippen LogP) is 4.44. The van der Waals surface area contributed by atoms with Crippen LogP contribution < -0.4 is 15.4 Å². The van der Waals surface area contributed by atoms with E-state index in [9.17, 15) is 0 Å². The molecule has 2 N–H and O–H groups in total. The molecule has 0 aliphatic rings. The number of ether oxygens (including phenoxy) is 1. The van der Waals surface area contributed by atoms with Crippen LogP contribution in [0.4, 0.5) is 5.69 Å². The molecule has 0 saturated heterocycles. The molecule has 0 amide bonds. The van der Waals surface area contributed by atoms with Crippen molar-refractivity contribution in [1.82, 2.24) is 5.32 Å². The van der Waals surface area contributed by atoms with Gasteiger partial charge in [0.1, 0.15) is 5.75 Å². The predicted molar refractivity (Wildman–Crippen MR) is 96.6 cm³/mol. The summed E-state index contributed by atoms with van der Waals surface area (Å²) in [6.45, 7) is 6.80. The number of anilines is 1. The van der Waals surface area contributed by atoms with Crippen molar-refractivity contribution < 1.29 is 4.74 Å². The van der Waals surface area contributed by atoms with Gasteiger partial charge in [-0.2, -0.15) is 0 Å². The lowest BCUT2D eigenvalue weighted by molar-refractivity contribution is 0.342. The molecule has 1 unspecified atom stereocenters. The Kier molecular flexibility index (Phi) is 5.78. The number of thiocarbonyl (C=S) groups is 1. The summed E-state index contributed by atoms with van der Waals surface area (Å²) in [4.78, 5) is 0. The van der Waals surface area contributed by atoms with E-state index in [2.05, 4.69) is 36.6 Å². The van der Waals surface area contributed by atoms with Crippen LogP contribution in [0.2, 0.25) is 0 Å². The first-order valence-electron chi connectivity index (χ1n) is 7.46. The third-order valence-corrected chi connectivity index (χ3v) is 3.66. The quantitative estimate of drug-likeness (QED) is 0.799. The highest BCUT2D eigenvalue weighted by Gasteiger charge is 2.10. The average molecular weight is 314 g/mol. The Labute approximate surface area is 137 Å². The van der Waals surface area contributed by atoms with Crippen LogP contribution in [0.25, 0.3) is 0 Å². The maximum atomic E-state index is 5.60. The third kappa shape index (κ3) is 4.21. The fourth-order valence-electron chi connectivity index (χ4n) is 2.36.